The van der Waals surface area contributed by atoms with E-state index in [0.29, 0.717) is 11.6 Å². The van der Waals surface area contributed by atoms with Crippen LogP contribution in [0.1, 0.15) is 44.5 Å². The van der Waals surface area contributed by atoms with Gasteiger partial charge in [-0.15, -0.1) is 0 Å². The van der Waals surface area contributed by atoms with Crippen molar-refractivity contribution in [2.24, 2.45) is 0 Å². The van der Waals surface area contributed by atoms with E-state index in [-0.39, 0.29) is 0 Å². The topological polar surface area (TPSA) is 51.6 Å². The first kappa shape index (κ1) is 65.5. The molecule has 2 aliphatic heterocycles. The summed E-state index contributed by atoms with van der Waals surface area (Å²) in [6.07, 6.45) is 0. The van der Waals surface area contributed by atoms with Gasteiger partial charge >= 0.3 is 0 Å². The lowest BCUT2D eigenvalue weighted by Gasteiger charge is -2.40. The van der Waals surface area contributed by atoms with Crippen molar-refractivity contribution in [3.05, 3.63) is 445 Å². The van der Waals surface area contributed by atoms with Gasteiger partial charge in [0.2, 0.25) is 0 Å². The molecule has 522 valence electrons. The van der Waals surface area contributed by atoms with Gasteiger partial charge in [0.1, 0.15) is 0 Å². The van der Waals surface area contributed by atoms with E-state index in [4.69, 9.17) is 19.9 Å². The monoisotopic (exact) mass is 1460 g/mol. The molecule has 18 aromatic rings. The van der Waals surface area contributed by atoms with Crippen LogP contribution in [0.25, 0.3) is 146 Å². The van der Waals surface area contributed by atoms with Gasteiger partial charge in [0, 0.05) is 53.0 Å². The molecule has 0 saturated heterocycles. The molecule has 4 heterocycles. The standard InChI is InChI=1S/C106H66N4S2/c1-4-24-70(25-5-1)95-66-98(109-103(107-95)72-28-8-3-9-29-72)80-33-23-31-77(61-80)81-34-10-11-35-82(81)78-56-59-102-94(64-78)106(91-43-19-21-45-100(91)112-102)89-41-17-14-38-85(89)86-57-54-75(62-92(86)106)69-50-52-73(53-51-69)104-108-96(71-26-6-2-7-27-71)65-97(110-104)79-32-22-30-74(60-79)67-46-48-68(49-47-67)76-55-58-101-93(63-76)105(90-42-18-20-44-99(90)111-101)87-39-15-12-36-83(87)84-37-13-16-40-88(84)105/h1-66H. The number of benzene rings is 16. The van der Waals surface area contributed by atoms with Crippen molar-refractivity contribution in [2.45, 2.75) is 30.4 Å². The Labute approximate surface area is 659 Å². The summed E-state index contributed by atoms with van der Waals surface area (Å²) in [5, 5.41) is 0. The van der Waals surface area contributed by atoms with Crippen LogP contribution >= 0.6 is 23.5 Å². The minimum atomic E-state index is -0.635. The van der Waals surface area contributed by atoms with Gasteiger partial charge in [-0.25, -0.2) is 19.9 Å². The maximum atomic E-state index is 5.44. The molecular weight excluding hydrogens is 1390 g/mol. The Morgan fingerprint density at radius 1 is 0.152 bits per heavy atom. The Morgan fingerprint density at radius 2 is 0.429 bits per heavy atom. The summed E-state index contributed by atoms with van der Waals surface area (Å²) in [4.78, 5) is 26.2. The van der Waals surface area contributed by atoms with E-state index < -0.39 is 10.8 Å². The molecule has 16 aromatic carbocycles. The number of aromatic nitrogens is 4. The average molecular weight is 1460 g/mol. The van der Waals surface area contributed by atoms with Crippen LogP contribution < -0.4 is 0 Å². The molecule has 0 fully saturated rings. The van der Waals surface area contributed by atoms with Crippen LogP contribution in [-0.4, -0.2) is 19.9 Å². The first-order valence-electron chi connectivity index (χ1n) is 38.2. The lowest BCUT2D eigenvalue weighted by Crippen LogP contribution is -2.32. The Kier molecular flexibility index (Phi) is 15.6. The average Bonchev–Trinajstić information content (AvgIpc) is 1.50. The summed E-state index contributed by atoms with van der Waals surface area (Å²) in [6, 6.07) is 147. The Bertz CT molecular complexity index is 6710. The lowest BCUT2D eigenvalue weighted by molar-refractivity contribution is 0.723. The Morgan fingerprint density at radius 3 is 0.911 bits per heavy atom. The van der Waals surface area contributed by atoms with Gasteiger partial charge in [-0.05, 0) is 189 Å². The largest absolute Gasteiger partial charge is 0.228 e. The summed E-state index contributed by atoms with van der Waals surface area (Å²) in [7, 11) is 0. The van der Waals surface area contributed by atoms with Gasteiger partial charge in [-0.3, -0.25) is 0 Å². The SMILES string of the molecule is c1ccc(-c2cc(-c3cccc(-c4ccc(-c5ccc6c(c5)C5(c7ccccc7S6)c6ccccc6-c6ccccc65)cc4)c3)nc(-c3ccc(-c4ccc5c(c4)C4(c6ccccc6Sc6ccc(-c7ccccc7-c7cccc(-c8cc(-c9ccccc9)nc(-c9ccccc9)n8)c7)cc64)c4ccccc4-5)cc3)n2)cc1. The van der Waals surface area contributed by atoms with Crippen LogP contribution in [0.5, 0.6) is 0 Å². The van der Waals surface area contributed by atoms with Crippen LogP contribution in [0, 0.1) is 0 Å². The smallest absolute Gasteiger partial charge is 0.160 e. The number of rotatable bonds is 11. The van der Waals surface area contributed by atoms with E-state index in [2.05, 4.69) is 376 Å². The molecule has 0 saturated carbocycles. The van der Waals surface area contributed by atoms with Crippen LogP contribution in [-0.2, 0) is 10.8 Å². The molecule has 0 amide bonds. The molecule has 1 unspecified atom stereocenters. The van der Waals surface area contributed by atoms with Gasteiger partial charge in [0.25, 0.3) is 0 Å². The zero-order valence-electron chi connectivity index (χ0n) is 60.7. The maximum absolute atomic E-state index is 5.44. The minimum absolute atomic E-state index is 0.435. The molecule has 0 N–H and O–H groups in total. The highest BCUT2D eigenvalue weighted by molar-refractivity contribution is 7.99. The van der Waals surface area contributed by atoms with Crippen molar-refractivity contribution in [3.63, 3.8) is 0 Å². The molecule has 6 heteroatoms. The fraction of sp³-hybridized carbons (Fsp3) is 0.0189. The highest BCUT2D eigenvalue weighted by atomic mass is 32.2. The zero-order valence-corrected chi connectivity index (χ0v) is 62.3. The molecular formula is C106H66N4S2. The molecule has 2 spiro atoms. The third-order valence-electron chi connectivity index (χ3n) is 23.3. The number of hydrogen-bond acceptors (Lipinski definition) is 6. The molecule has 112 heavy (non-hydrogen) atoms. The van der Waals surface area contributed by atoms with Gasteiger partial charge < -0.3 is 0 Å². The lowest BCUT2D eigenvalue weighted by atomic mass is 9.66. The van der Waals surface area contributed by atoms with E-state index in [9.17, 15) is 0 Å². The number of fused-ring (bicyclic) bond motifs is 18. The zero-order chi connectivity index (χ0) is 73.9. The van der Waals surface area contributed by atoms with Crippen molar-refractivity contribution in [2.75, 3.05) is 0 Å². The van der Waals surface area contributed by atoms with Crippen molar-refractivity contribution >= 4 is 23.5 Å². The summed E-state index contributed by atoms with van der Waals surface area (Å²) in [5.74, 6) is 1.36. The van der Waals surface area contributed by atoms with E-state index >= 15 is 0 Å². The molecule has 0 bridgehead atoms. The normalized spacial score (nSPS) is 14.1. The molecule has 22 rings (SSSR count). The van der Waals surface area contributed by atoms with Crippen LogP contribution in [0.15, 0.2) is 420 Å². The van der Waals surface area contributed by atoms with Crippen molar-refractivity contribution in [1.29, 1.82) is 0 Å². The fourth-order valence-corrected chi connectivity index (χ4v) is 20.5. The van der Waals surface area contributed by atoms with E-state index in [1.54, 1.807) is 0 Å². The maximum Gasteiger partial charge on any atom is 0.160 e. The quantitative estimate of drug-likeness (QED) is 0.129. The first-order valence-corrected chi connectivity index (χ1v) is 39.8. The third kappa shape index (κ3) is 10.6. The molecule has 2 aliphatic carbocycles. The van der Waals surface area contributed by atoms with Gasteiger partial charge in [0.15, 0.2) is 11.6 Å². The molecule has 0 radical (unpaired) electrons. The highest BCUT2D eigenvalue weighted by Crippen LogP contribution is 2.65. The van der Waals surface area contributed by atoms with Crippen molar-refractivity contribution in [3.8, 4) is 146 Å². The third-order valence-corrected chi connectivity index (χ3v) is 25.6. The van der Waals surface area contributed by atoms with Gasteiger partial charge in [-0.2, -0.15) is 0 Å². The van der Waals surface area contributed by atoms with Crippen LogP contribution in [0.4, 0.5) is 0 Å². The summed E-state index contributed by atoms with van der Waals surface area (Å²) < 4.78 is 0. The second-order valence-electron chi connectivity index (χ2n) is 29.4. The second-order valence-corrected chi connectivity index (χ2v) is 31.6. The molecule has 4 aliphatic rings. The van der Waals surface area contributed by atoms with Crippen molar-refractivity contribution in [1.82, 2.24) is 19.9 Å². The van der Waals surface area contributed by atoms with Crippen LogP contribution in [0.2, 0.25) is 0 Å². The predicted octanol–water partition coefficient (Wildman–Crippen LogP) is 27.3. The molecule has 1 atom stereocenters. The summed E-state index contributed by atoms with van der Waals surface area (Å²) >= 11 is 3.75. The fourth-order valence-electron chi connectivity index (χ4n) is 18.2. The minimum Gasteiger partial charge on any atom is -0.228 e. The predicted molar refractivity (Wildman–Crippen MR) is 460 cm³/mol. The van der Waals surface area contributed by atoms with Crippen molar-refractivity contribution < 1.29 is 0 Å². The Balaban J connectivity index is 0.597. The molecule has 2 aromatic heterocycles. The van der Waals surface area contributed by atoms with Crippen LogP contribution in [0.3, 0.4) is 0 Å². The van der Waals surface area contributed by atoms with E-state index in [1.807, 2.05) is 47.8 Å². The number of nitrogens with zero attached hydrogens (tertiary/aromatic N) is 4. The van der Waals surface area contributed by atoms with Gasteiger partial charge in [0.05, 0.1) is 33.6 Å². The van der Waals surface area contributed by atoms with E-state index in [0.717, 1.165) is 101 Å². The first-order chi connectivity index (χ1) is 55.5. The highest BCUT2D eigenvalue weighted by Gasteiger charge is 2.52. The summed E-state index contributed by atoms with van der Waals surface area (Å²) in [6.45, 7) is 0. The van der Waals surface area contributed by atoms with E-state index in [1.165, 1.54) is 97.5 Å². The summed E-state index contributed by atoms with van der Waals surface area (Å²) in [5.41, 5.74) is 35.5. The van der Waals surface area contributed by atoms with Gasteiger partial charge in [-0.1, -0.05) is 357 Å². The molecule has 4 nitrogen and oxygen atoms in total. The Hall–Kier alpha value is -13.6. The number of hydrogen-bond donors (Lipinski definition) is 0. The second kappa shape index (κ2) is 26.6.